The van der Waals surface area contributed by atoms with E-state index in [4.69, 9.17) is 0 Å². The highest BCUT2D eigenvalue weighted by atomic mass is 127. The molecule has 1 aromatic carbocycles. The number of piperidine rings is 1. The van der Waals surface area contributed by atoms with Crippen molar-refractivity contribution in [3.05, 3.63) is 44.8 Å². The number of benzene rings is 1. The van der Waals surface area contributed by atoms with E-state index in [0.29, 0.717) is 23.6 Å². The summed E-state index contributed by atoms with van der Waals surface area (Å²) in [4.78, 5) is 13.5. The average Bonchev–Trinajstić information content (AvgIpc) is 3.04. The molecule has 1 amide bonds. The van der Waals surface area contributed by atoms with Crippen molar-refractivity contribution in [1.82, 2.24) is 4.31 Å². The maximum Gasteiger partial charge on any atom is 0.252 e. The Morgan fingerprint density at radius 1 is 1.24 bits per heavy atom. The molecule has 1 N–H and O–H groups in total. The number of hydrogen-bond donors (Lipinski definition) is 1. The molecule has 1 saturated heterocycles. The third-order valence-corrected chi connectivity index (χ3v) is 8.23. The van der Waals surface area contributed by atoms with Crippen LogP contribution in [0.15, 0.2) is 40.6 Å². The molecule has 1 aliphatic heterocycles. The second-order valence-electron chi connectivity index (χ2n) is 6.06. The van der Waals surface area contributed by atoms with E-state index >= 15 is 0 Å². The van der Waals surface area contributed by atoms with Crippen LogP contribution in [0.25, 0.3) is 0 Å². The van der Waals surface area contributed by atoms with Crippen LogP contribution in [0.1, 0.15) is 17.7 Å². The number of aryl methyl sites for hydroxylation is 1. The van der Waals surface area contributed by atoms with Gasteiger partial charge in [-0.05, 0) is 78.8 Å². The van der Waals surface area contributed by atoms with Gasteiger partial charge < -0.3 is 5.32 Å². The molecule has 0 spiro atoms. The lowest BCUT2D eigenvalue weighted by Crippen LogP contribution is -2.43. The first-order chi connectivity index (χ1) is 11.9. The van der Waals surface area contributed by atoms with Crippen LogP contribution >= 0.6 is 33.9 Å². The van der Waals surface area contributed by atoms with Crippen LogP contribution in [0, 0.1) is 16.4 Å². The van der Waals surface area contributed by atoms with Gasteiger partial charge in [0, 0.05) is 27.2 Å². The third-order valence-electron chi connectivity index (χ3n) is 4.18. The molecule has 25 heavy (non-hydrogen) atoms. The number of thiophene rings is 1. The van der Waals surface area contributed by atoms with E-state index in [9.17, 15) is 13.2 Å². The van der Waals surface area contributed by atoms with Gasteiger partial charge in [-0.2, -0.15) is 4.31 Å². The highest BCUT2D eigenvalue weighted by Gasteiger charge is 2.34. The number of anilines is 1. The number of hydrogen-bond acceptors (Lipinski definition) is 4. The minimum atomic E-state index is -3.52. The van der Waals surface area contributed by atoms with Gasteiger partial charge in [0.1, 0.15) is 4.21 Å². The van der Waals surface area contributed by atoms with E-state index in [0.717, 1.165) is 14.1 Å². The first-order valence-corrected chi connectivity index (χ1v) is 11.3. The second kappa shape index (κ2) is 7.73. The van der Waals surface area contributed by atoms with Crippen LogP contribution in [-0.4, -0.2) is 31.7 Å². The van der Waals surface area contributed by atoms with Gasteiger partial charge in [-0.25, -0.2) is 8.42 Å². The summed E-state index contributed by atoms with van der Waals surface area (Å²) < 4.78 is 28.4. The van der Waals surface area contributed by atoms with E-state index in [2.05, 4.69) is 27.9 Å². The highest BCUT2D eigenvalue weighted by Crippen LogP contribution is 2.28. The maximum absolute atomic E-state index is 12.8. The van der Waals surface area contributed by atoms with E-state index in [1.807, 2.05) is 37.3 Å². The topological polar surface area (TPSA) is 66.5 Å². The van der Waals surface area contributed by atoms with E-state index in [1.54, 1.807) is 6.07 Å². The zero-order valence-corrected chi connectivity index (χ0v) is 17.5. The van der Waals surface area contributed by atoms with Crippen molar-refractivity contribution in [3.8, 4) is 0 Å². The molecule has 5 nitrogen and oxygen atoms in total. The first-order valence-electron chi connectivity index (χ1n) is 7.99. The molecular weight excluding hydrogens is 471 g/mol. The largest absolute Gasteiger partial charge is 0.326 e. The van der Waals surface area contributed by atoms with Crippen molar-refractivity contribution in [2.45, 2.75) is 24.0 Å². The van der Waals surface area contributed by atoms with Gasteiger partial charge in [0.15, 0.2) is 0 Å². The van der Waals surface area contributed by atoms with Crippen LogP contribution in [-0.2, 0) is 14.8 Å². The number of carbonyl (C=O) groups is 1. The Bertz CT molecular complexity index is 862. The Kier molecular flexibility index (Phi) is 5.81. The smallest absolute Gasteiger partial charge is 0.252 e. The molecule has 3 rings (SSSR count). The first kappa shape index (κ1) is 18.8. The molecule has 0 saturated carbocycles. The number of nitrogens with zero attached hydrogens (tertiary/aromatic N) is 1. The van der Waals surface area contributed by atoms with Gasteiger partial charge in [-0.1, -0.05) is 0 Å². The standard InChI is InChI=1S/C17H19IN2O3S2/c1-12-4-9-16(24-12)25(22,23)20-10-2-3-13(11-20)17(21)19-15-7-5-14(18)6-8-15/h4-9,13H,2-3,10-11H2,1H3,(H,19,21). The van der Waals surface area contributed by atoms with E-state index in [-0.39, 0.29) is 18.4 Å². The molecule has 1 atom stereocenters. The van der Waals surface area contributed by atoms with Crippen LogP contribution in [0.3, 0.4) is 0 Å². The average molecular weight is 490 g/mol. The molecule has 0 aliphatic carbocycles. The quantitative estimate of drug-likeness (QED) is 0.665. The minimum absolute atomic E-state index is 0.122. The summed E-state index contributed by atoms with van der Waals surface area (Å²) in [5.74, 6) is -0.452. The number of halogens is 1. The Morgan fingerprint density at radius 3 is 2.60 bits per heavy atom. The van der Waals surface area contributed by atoms with Crippen molar-refractivity contribution < 1.29 is 13.2 Å². The zero-order chi connectivity index (χ0) is 18.0. The highest BCUT2D eigenvalue weighted by molar-refractivity contribution is 14.1. The van der Waals surface area contributed by atoms with Crippen LogP contribution in [0.5, 0.6) is 0 Å². The van der Waals surface area contributed by atoms with Gasteiger partial charge in [-0.15, -0.1) is 11.3 Å². The van der Waals surface area contributed by atoms with Crippen molar-refractivity contribution in [1.29, 1.82) is 0 Å². The molecule has 8 heteroatoms. The molecule has 1 fully saturated rings. The fourth-order valence-electron chi connectivity index (χ4n) is 2.83. The number of nitrogens with one attached hydrogen (secondary N) is 1. The summed E-state index contributed by atoms with van der Waals surface area (Å²) >= 11 is 3.48. The van der Waals surface area contributed by atoms with Crippen LogP contribution in [0.2, 0.25) is 0 Å². The summed E-state index contributed by atoms with van der Waals surface area (Å²) in [5.41, 5.74) is 0.735. The molecule has 0 radical (unpaired) electrons. The SMILES string of the molecule is Cc1ccc(S(=O)(=O)N2CCCC(C(=O)Nc3ccc(I)cc3)C2)s1. The van der Waals surface area contributed by atoms with Gasteiger partial charge in [0.2, 0.25) is 5.91 Å². The minimum Gasteiger partial charge on any atom is -0.326 e. The second-order valence-corrected chi connectivity index (χ2v) is 10.8. The Labute approximate surface area is 165 Å². The lowest BCUT2D eigenvalue weighted by molar-refractivity contribution is -0.120. The summed E-state index contributed by atoms with van der Waals surface area (Å²) in [6.07, 6.45) is 1.39. The van der Waals surface area contributed by atoms with Crippen LogP contribution in [0.4, 0.5) is 5.69 Å². The van der Waals surface area contributed by atoms with E-state index in [1.165, 1.54) is 15.6 Å². The number of rotatable bonds is 4. The molecule has 1 unspecified atom stereocenters. The monoisotopic (exact) mass is 490 g/mol. The molecule has 134 valence electrons. The number of carbonyl (C=O) groups excluding carboxylic acids is 1. The number of sulfonamides is 1. The fraction of sp³-hybridized carbons (Fsp3) is 0.353. The van der Waals surface area contributed by atoms with Crippen LogP contribution < -0.4 is 5.32 Å². The van der Waals surface area contributed by atoms with Crippen molar-refractivity contribution in [2.75, 3.05) is 18.4 Å². The molecule has 2 aromatic rings. The lowest BCUT2D eigenvalue weighted by atomic mass is 9.99. The summed E-state index contributed by atoms with van der Waals surface area (Å²) in [7, 11) is -3.52. The predicted octanol–water partition coefficient (Wildman–Crippen LogP) is 3.70. The van der Waals surface area contributed by atoms with Gasteiger partial charge >= 0.3 is 0 Å². The van der Waals surface area contributed by atoms with Gasteiger partial charge in [0.25, 0.3) is 10.0 Å². The van der Waals surface area contributed by atoms with Crippen molar-refractivity contribution in [3.63, 3.8) is 0 Å². The van der Waals surface area contributed by atoms with Crippen molar-refractivity contribution >= 4 is 55.5 Å². The molecule has 0 bridgehead atoms. The predicted molar refractivity (Wildman–Crippen MR) is 108 cm³/mol. The molecule has 1 aliphatic rings. The Hall–Kier alpha value is -0.970. The molecular formula is C17H19IN2O3S2. The van der Waals surface area contributed by atoms with E-state index < -0.39 is 10.0 Å². The zero-order valence-electron chi connectivity index (χ0n) is 13.7. The summed E-state index contributed by atoms with van der Waals surface area (Å²) in [5, 5.41) is 2.89. The van der Waals surface area contributed by atoms with Gasteiger partial charge in [0.05, 0.1) is 5.92 Å². The lowest BCUT2D eigenvalue weighted by Gasteiger charge is -2.30. The third kappa shape index (κ3) is 4.42. The van der Waals surface area contributed by atoms with Gasteiger partial charge in [-0.3, -0.25) is 4.79 Å². The maximum atomic E-state index is 12.8. The summed E-state index contributed by atoms with van der Waals surface area (Å²) in [6.45, 7) is 2.58. The normalized spacial score (nSPS) is 18.9. The summed E-state index contributed by atoms with van der Waals surface area (Å²) in [6, 6.07) is 11.0. The molecule has 1 aromatic heterocycles. The fourth-order valence-corrected chi connectivity index (χ4v) is 6.15. The Balaban J connectivity index is 1.70. The Morgan fingerprint density at radius 2 is 1.96 bits per heavy atom. The number of amides is 1. The van der Waals surface area contributed by atoms with Crippen molar-refractivity contribution in [2.24, 2.45) is 5.92 Å². The molecule has 2 heterocycles.